The molecule has 10 heteroatoms. The van der Waals surface area contributed by atoms with E-state index in [1.807, 2.05) is 0 Å². The van der Waals surface area contributed by atoms with E-state index in [9.17, 15) is 13.2 Å². The van der Waals surface area contributed by atoms with Gasteiger partial charge in [-0.2, -0.15) is 18.4 Å². The van der Waals surface area contributed by atoms with Crippen LogP contribution >= 0.6 is 0 Å². The molecule has 0 bridgehead atoms. The van der Waals surface area contributed by atoms with Crippen molar-refractivity contribution in [3.8, 4) is 17.8 Å². The highest BCUT2D eigenvalue weighted by Crippen LogP contribution is 2.19. The van der Waals surface area contributed by atoms with Crippen LogP contribution in [0.2, 0.25) is 0 Å². The second-order valence-electron chi connectivity index (χ2n) is 4.53. The van der Waals surface area contributed by atoms with Gasteiger partial charge in [0.1, 0.15) is 0 Å². The maximum Gasteiger partial charge on any atom is 0.324 e. The molecule has 0 radical (unpaired) electrons. The average molecular weight is 365 g/mol. The fraction of sp³-hybridized carbons (Fsp3) is 0.200. The molecule has 2 rings (SSSR count). The van der Waals surface area contributed by atoms with Gasteiger partial charge in [0, 0.05) is 5.69 Å². The maximum absolute atomic E-state index is 12.3. The molecule has 2 aromatic rings. The highest BCUT2D eigenvalue weighted by atomic mass is 32.2. The summed E-state index contributed by atoms with van der Waals surface area (Å²) in [7, 11) is 0.117. The van der Waals surface area contributed by atoms with Gasteiger partial charge in [-0.1, -0.05) is 18.2 Å². The SMILES string of the molecule is COc1cc(OC)nc(OC(C=S(=O)=O)C(=O)Nc2ccccc2)n1. The van der Waals surface area contributed by atoms with E-state index in [0.717, 1.165) is 0 Å². The van der Waals surface area contributed by atoms with Crippen molar-refractivity contribution >= 4 is 27.3 Å². The fourth-order valence-electron chi connectivity index (χ4n) is 1.74. The Kier molecular flexibility index (Phi) is 6.29. The van der Waals surface area contributed by atoms with Gasteiger partial charge in [-0.25, -0.2) is 0 Å². The molecule has 0 saturated heterocycles. The van der Waals surface area contributed by atoms with E-state index in [2.05, 4.69) is 15.3 Å². The van der Waals surface area contributed by atoms with Crippen LogP contribution in [0.1, 0.15) is 0 Å². The molecule has 1 unspecified atom stereocenters. The quantitative estimate of drug-likeness (QED) is 0.708. The summed E-state index contributed by atoms with van der Waals surface area (Å²) in [4.78, 5) is 20.1. The summed E-state index contributed by atoms with van der Waals surface area (Å²) in [6.07, 6.45) is -1.48. The normalized spacial score (nSPS) is 11.1. The number of hydrogen-bond acceptors (Lipinski definition) is 8. The van der Waals surface area contributed by atoms with E-state index < -0.39 is 22.3 Å². The van der Waals surface area contributed by atoms with Crippen LogP contribution in [0.25, 0.3) is 0 Å². The molecule has 1 amide bonds. The Morgan fingerprint density at radius 2 is 1.72 bits per heavy atom. The van der Waals surface area contributed by atoms with Gasteiger partial charge in [0.25, 0.3) is 5.91 Å². The van der Waals surface area contributed by atoms with Gasteiger partial charge in [0.2, 0.25) is 28.2 Å². The van der Waals surface area contributed by atoms with Crippen LogP contribution in [0.5, 0.6) is 17.8 Å². The second kappa shape index (κ2) is 8.64. The maximum atomic E-state index is 12.3. The van der Waals surface area contributed by atoms with Gasteiger partial charge in [-0.05, 0) is 12.1 Å². The third-order valence-electron chi connectivity index (χ3n) is 2.84. The largest absolute Gasteiger partial charge is 0.481 e. The van der Waals surface area contributed by atoms with Crippen LogP contribution in [-0.4, -0.2) is 50.0 Å². The number of nitrogens with zero attached hydrogens (tertiary/aromatic N) is 2. The third kappa shape index (κ3) is 5.46. The van der Waals surface area contributed by atoms with E-state index >= 15 is 0 Å². The first-order valence-electron chi connectivity index (χ1n) is 6.94. The predicted molar refractivity (Wildman–Crippen MR) is 89.6 cm³/mol. The lowest BCUT2D eigenvalue weighted by Gasteiger charge is -2.14. The minimum absolute atomic E-state index is 0.132. The molecule has 25 heavy (non-hydrogen) atoms. The summed E-state index contributed by atoms with van der Waals surface area (Å²) >= 11 is 0. The summed E-state index contributed by atoms with van der Waals surface area (Å²) in [6, 6.07) is 9.64. The van der Waals surface area contributed by atoms with Crippen LogP contribution in [0.15, 0.2) is 36.4 Å². The van der Waals surface area contributed by atoms with Crippen molar-refractivity contribution in [1.82, 2.24) is 9.97 Å². The lowest BCUT2D eigenvalue weighted by atomic mass is 10.3. The number of ether oxygens (including phenoxy) is 3. The molecule has 1 aromatic carbocycles. The Balaban J connectivity index is 2.26. The molecule has 0 aliphatic rings. The first-order chi connectivity index (χ1) is 12.0. The predicted octanol–water partition coefficient (Wildman–Crippen LogP) is 0.561. The van der Waals surface area contributed by atoms with Crippen molar-refractivity contribution in [1.29, 1.82) is 0 Å². The fourth-order valence-corrected chi connectivity index (χ4v) is 2.12. The first-order valence-corrected chi connectivity index (χ1v) is 8.08. The topological polar surface area (TPSA) is 117 Å². The molecular weight excluding hydrogens is 350 g/mol. The Bertz CT molecular complexity index is 840. The standard InChI is InChI=1S/C15H15N3O6S/c1-22-12-8-13(23-2)18-15(17-12)24-11(9-25(20)21)14(19)16-10-6-4-3-5-7-10/h3-9,11H,1-2H3,(H,16,19). The van der Waals surface area contributed by atoms with Crippen molar-refractivity contribution in [2.75, 3.05) is 19.5 Å². The van der Waals surface area contributed by atoms with E-state index in [-0.39, 0.29) is 17.8 Å². The molecule has 1 N–H and O–H groups in total. The minimum atomic E-state index is -2.64. The minimum Gasteiger partial charge on any atom is -0.481 e. The molecule has 0 aliphatic heterocycles. The monoisotopic (exact) mass is 365 g/mol. The van der Waals surface area contributed by atoms with Crippen molar-refractivity contribution in [2.24, 2.45) is 0 Å². The van der Waals surface area contributed by atoms with Gasteiger partial charge in [0.05, 0.1) is 25.7 Å². The van der Waals surface area contributed by atoms with Crippen LogP contribution in [0.3, 0.4) is 0 Å². The van der Waals surface area contributed by atoms with E-state index in [4.69, 9.17) is 14.2 Å². The Morgan fingerprint density at radius 1 is 1.12 bits per heavy atom. The highest BCUT2D eigenvalue weighted by molar-refractivity contribution is 7.71. The van der Waals surface area contributed by atoms with Crippen molar-refractivity contribution in [3.05, 3.63) is 36.4 Å². The summed E-state index contributed by atoms with van der Waals surface area (Å²) in [5, 5.41) is 3.23. The summed E-state index contributed by atoms with van der Waals surface area (Å²) in [6.45, 7) is 0. The molecule has 132 valence electrons. The number of para-hydroxylation sites is 1. The summed E-state index contributed by atoms with van der Waals surface area (Å²) < 4.78 is 37.2. The average Bonchev–Trinajstić information content (AvgIpc) is 2.61. The van der Waals surface area contributed by atoms with Gasteiger partial charge < -0.3 is 19.5 Å². The number of aromatic nitrogens is 2. The summed E-state index contributed by atoms with van der Waals surface area (Å²) in [5.74, 6) is -0.444. The van der Waals surface area contributed by atoms with Crippen LogP contribution in [0.4, 0.5) is 5.69 Å². The molecule has 0 saturated carbocycles. The number of carbonyl (C=O) groups is 1. The molecular formula is C15H15N3O6S. The zero-order valence-corrected chi connectivity index (χ0v) is 14.2. The number of rotatable bonds is 7. The lowest BCUT2D eigenvalue weighted by molar-refractivity contribution is -0.120. The number of carbonyl (C=O) groups excluding carboxylic acids is 1. The van der Waals surface area contributed by atoms with Crippen LogP contribution in [-0.2, 0) is 15.1 Å². The lowest BCUT2D eigenvalue weighted by Crippen LogP contribution is -2.35. The number of hydrogen-bond donors (Lipinski definition) is 1. The van der Waals surface area contributed by atoms with Crippen LogP contribution in [0, 0.1) is 0 Å². The van der Waals surface area contributed by atoms with Crippen molar-refractivity contribution < 1.29 is 27.4 Å². The van der Waals surface area contributed by atoms with Gasteiger partial charge in [-0.3, -0.25) is 4.79 Å². The van der Waals surface area contributed by atoms with E-state index in [1.165, 1.54) is 20.3 Å². The highest BCUT2D eigenvalue weighted by Gasteiger charge is 2.21. The Hall–Kier alpha value is -3.14. The number of amides is 1. The number of nitrogens with one attached hydrogen (secondary N) is 1. The number of anilines is 1. The van der Waals surface area contributed by atoms with Gasteiger partial charge in [0.15, 0.2) is 0 Å². The molecule has 1 atom stereocenters. The smallest absolute Gasteiger partial charge is 0.324 e. The Labute approximate surface area is 145 Å². The van der Waals surface area contributed by atoms with Crippen molar-refractivity contribution in [2.45, 2.75) is 6.10 Å². The molecule has 9 nitrogen and oxygen atoms in total. The summed E-state index contributed by atoms with van der Waals surface area (Å²) in [5.41, 5.74) is 0.482. The van der Waals surface area contributed by atoms with E-state index in [1.54, 1.807) is 30.3 Å². The molecule has 0 aliphatic carbocycles. The molecule has 1 aromatic heterocycles. The molecule has 0 fully saturated rings. The first kappa shape index (κ1) is 18.2. The van der Waals surface area contributed by atoms with E-state index in [0.29, 0.717) is 11.1 Å². The Morgan fingerprint density at radius 3 is 2.24 bits per heavy atom. The van der Waals surface area contributed by atoms with Gasteiger partial charge >= 0.3 is 6.01 Å². The van der Waals surface area contributed by atoms with Gasteiger partial charge in [-0.15, -0.1) is 0 Å². The zero-order valence-electron chi connectivity index (χ0n) is 13.4. The third-order valence-corrected chi connectivity index (χ3v) is 3.31. The molecule has 0 spiro atoms. The van der Waals surface area contributed by atoms with Crippen LogP contribution < -0.4 is 19.5 Å². The zero-order chi connectivity index (χ0) is 18.2. The number of methoxy groups -OCH3 is 2. The number of benzene rings is 1. The second-order valence-corrected chi connectivity index (χ2v) is 5.32. The molecule has 1 heterocycles. The van der Waals surface area contributed by atoms with Crippen molar-refractivity contribution in [3.63, 3.8) is 0 Å².